The number of hydrogen-bond acceptors (Lipinski definition) is 2. The normalized spacial score (nSPS) is 11.7. The molecule has 2 aromatic carbocycles. The molecule has 0 spiro atoms. The summed E-state index contributed by atoms with van der Waals surface area (Å²) < 4.78 is 44.9. The Hall–Kier alpha value is -2.63. The zero-order valence-electron chi connectivity index (χ0n) is 13.3. The topological polar surface area (TPSA) is 37.0 Å². The standard InChI is InChI=1S/C18H17F3N2O/c1-3-11-10-22-17-14(18(19,20)21)7-8-15(16(11)17)23-12-5-4-6-13(9-12)24-2/h4-10,22-23H,3H2,1-2H3. The lowest BCUT2D eigenvalue weighted by molar-refractivity contribution is -0.136. The molecular formula is C18H17F3N2O. The lowest BCUT2D eigenvalue weighted by Crippen LogP contribution is -2.06. The predicted molar refractivity (Wildman–Crippen MR) is 89.0 cm³/mol. The van der Waals surface area contributed by atoms with Crippen LogP contribution < -0.4 is 10.1 Å². The molecule has 0 bridgehead atoms. The van der Waals surface area contributed by atoms with E-state index in [2.05, 4.69) is 10.3 Å². The largest absolute Gasteiger partial charge is 0.497 e. The summed E-state index contributed by atoms with van der Waals surface area (Å²) in [5.74, 6) is 0.674. The van der Waals surface area contributed by atoms with E-state index in [0.717, 1.165) is 17.3 Å². The maximum Gasteiger partial charge on any atom is 0.418 e. The number of aryl methyl sites for hydroxylation is 1. The van der Waals surface area contributed by atoms with Gasteiger partial charge in [0.2, 0.25) is 0 Å². The van der Waals surface area contributed by atoms with Crippen LogP contribution in [0.4, 0.5) is 24.5 Å². The van der Waals surface area contributed by atoms with Crippen molar-refractivity contribution in [2.75, 3.05) is 12.4 Å². The third-order valence-electron chi connectivity index (χ3n) is 3.95. The van der Waals surface area contributed by atoms with Crippen molar-refractivity contribution in [2.45, 2.75) is 19.5 Å². The maximum atomic E-state index is 13.2. The third-order valence-corrected chi connectivity index (χ3v) is 3.95. The summed E-state index contributed by atoms with van der Waals surface area (Å²) in [4.78, 5) is 2.78. The van der Waals surface area contributed by atoms with E-state index in [9.17, 15) is 13.2 Å². The van der Waals surface area contributed by atoms with Crippen LogP contribution in [0.2, 0.25) is 0 Å². The summed E-state index contributed by atoms with van der Waals surface area (Å²) in [6.07, 6.45) is -2.13. The Labute approximate surface area is 137 Å². The van der Waals surface area contributed by atoms with Crippen LogP contribution >= 0.6 is 0 Å². The van der Waals surface area contributed by atoms with Crippen molar-refractivity contribution in [2.24, 2.45) is 0 Å². The predicted octanol–water partition coefficient (Wildman–Crippen LogP) is 5.50. The molecule has 0 amide bonds. The second-order valence-corrected chi connectivity index (χ2v) is 5.43. The fourth-order valence-electron chi connectivity index (χ4n) is 2.79. The number of ether oxygens (including phenoxy) is 1. The number of alkyl halides is 3. The van der Waals surface area contributed by atoms with Gasteiger partial charge >= 0.3 is 6.18 Å². The highest BCUT2D eigenvalue weighted by molar-refractivity contribution is 5.98. The van der Waals surface area contributed by atoms with Crippen molar-refractivity contribution in [3.63, 3.8) is 0 Å². The number of hydrogen-bond donors (Lipinski definition) is 2. The average Bonchev–Trinajstić information content (AvgIpc) is 2.98. The van der Waals surface area contributed by atoms with Gasteiger partial charge in [0, 0.05) is 29.0 Å². The Morgan fingerprint density at radius 1 is 1.17 bits per heavy atom. The number of aromatic amines is 1. The zero-order chi connectivity index (χ0) is 17.3. The Balaban J connectivity index is 2.12. The molecule has 0 saturated heterocycles. The first-order valence-electron chi connectivity index (χ1n) is 7.55. The molecule has 24 heavy (non-hydrogen) atoms. The maximum absolute atomic E-state index is 13.2. The summed E-state index contributed by atoms with van der Waals surface area (Å²) >= 11 is 0. The molecule has 0 atom stereocenters. The smallest absolute Gasteiger partial charge is 0.418 e. The number of anilines is 2. The van der Waals surface area contributed by atoms with Gasteiger partial charge in [-0.3, -0.25) is 0 Å². The Bertz CT molecular complexity index is 868. The lowest BCUT2D eigenvalue weighted by atomic mass is 10.0. The minimum atomic E-state index is -4.40. The molecule has 3 aromatic rings. The van der Waals surface area contributed by atoms with E-state index in [0.29, 0.717) is 23.2 Å². The average molecular weight is 334 g/mol. The first kappa shape index (κ1) is 16.2. The molecule has 0 unspecified atom stereocenters. The number of fused-ring (bicyclic) bond motifs is 1. The summed E-state index contributed by atoms with van der Waals surface area (Å²) in [5.41, 5.74) is 1.66. The van der Waals surface area contributed by atoms with Gasteiger partial charge in [0.05, 0.1) is 18.2 Å². The van der Waals surface area contributed by atoms with Gasteiger partial charge in [-0.25, -0.2) is 0 Å². The van der Waals surface area contributed by atoms with Gasteiger partial charge in [0.15, 0.2) is 0 Å². The third kappa shape index (κ3) is 2.91. The molecular weight excluding hydrogens is 317 g/mol. The zero-order valence-corrected chi connectivity index (χ0v) is 13.3. The molecule has 1 aromatic heterocycles. The molecule has 6 heteroatoms. The summed E-state index contributed by atoms with van der Waals surface area (Å²) in [7, 11) is 1.57. The Kier molecular flexibility index (Phi) is 4.13. The van der Waals surface area contributed by atoms with Crippen LogP contribution in [-0.2, 0) is 12.6 Å². The molecule has 3 rings (SSSR count). The summed E-state index contributed by atoms with van der Waals surface area (Å²) in [6, 6.07) is 9.83. The van der Waals surface area contributed by atoms with Crippen molar-refractivity contribution in [1.29, 1.82) is 0 Å². The number of H-pyrrole nitrogens is 1. The van der Waals surface area contributed by atoms with Crippen LogP contribution in [0.5, 0.6) is 5.75 Å². The highest BCUT2D eigenvalue weighted by Gasteiger charge is 2.34. The summed E-state index contributed by atoms with van der Waals surface area (Å²) in [5, 5.41) is 3.76. The van der Waals surface area contributed by atoms with Crippen molar-refractivity contribution >= 4 is 22.3 Å². The van der Waals surface area contributed by atoms with Crippen LogP contribution in [0.3, 0.4) is 0 Å². The van der Waals surface area contributed by atoms with E-state index < -0.39 is 11.7 Å². The van der Waals surface area contributed by atoms with Crippen molar-refractivity contribution in [3.8, 4) is 5.75 Å². The Morgan fingerprint density at radius 2 is 1.96 bits per heavy atom. The van der Waals surface area contributed by atoms with E-state index in [1.54, 1.807) is 25.4 Å². The van der Waals surface area contributed by atoms with E-state index in [4.69, 9.17) is 4.74 Å². The van der Waals surface area contributed by atoms with Gasteiger partial charge in [0.25, 0.3) is 0 Å². The second-order valence-electron chi connectivity index (χ2n) is 5.43. The molecule has 3 nitrogen and oxygen atoms in total. The van der Waals surface area contributed by atoms with E-state index >= 15 is 0 Å². The van der Waals surface area contributed by atoms with Crippen LogP contribution in [0.25, 0.3) is 10.9 Å². The number of benzene rings is 2. The fourth-order valence-corrected chi connectivity index (χ4v) is 2.79. The fraction of sp³-hybridized carbons (Fsp3) is 0.222. The molecule has 1 heterocycles. The van der Waals surface area contributed by atoms with Gasteiger partial charge in [-0.2, -0.15) is 13.2 Å². The highest BCUT2D eigenvalue weighted by Crippen LogP contribution is 2.39. The van der Waals surface area contributed by atoms with Gasteiger partial charge in [-0.05, 0) is 36.2 Å². The molecule has 0 aliphatic rings. The van der Waals surface area contributed by atoms with Gasteiger partial charge < -0.3 is 15.0 Å². The molecule has 2 N–H and O–H groups in total. The molecule has 0 saturated carbocycles. The molecule has 0 aliphatic carbocycles. The van der Waals surface area contributed by atoms with E-state index in [1.165, 1.54) is 6.07 Å². The number of methoxy groups -OCH3 is 1. The van der Waals surface area contributed by atoms with Crippen LogP contribution in [0, 0.1) is 0 Å². The minimum absolute atomic E-state index is 0.104. The van der Waals surface area contributed by atoms with Crippen molar-refractivity contribution in [3.05, 3.63) is 53.7 Å². The van der Waals surface area contributed by atoms with Gasteiger partial charge in [-0.15, -0.1) is 0 Å². The minimum Gasteiger partial charge on any atom is -0.497 e. The number of aromatic nitrogens is 1. The van der Waals surface area contributed by atoms with Crippen LogP contribution in [-0.4, -0.2) is 12.1 Å². The molecule has 126 valence electrons. The number of nitrogens with one attached hydrogen (secondary N) is 2. The highest BCUT2D eigenvalue weighted by atomic mass is 19.4. The number of rotatable bonds is 4. The first-order valence-corrected chi connectivity index (χ1v) is 7.55. The molecule has 0 radical (unpaired) electrons. The monoisotopic (exact) mass is 334 g/mol. The number of halogens is 3. The van der Waals surface area contributed by atoms with Crippen molar-refractivity contribution < 1.29 is 17.9 Å². The van der Waals surface area contributed by atoms with Crippen molar-refractivity contribution in [1.82, 2.24) is 4.98 Å². The quantitative estimate of drug-likeness (QED) is 0.661. The van der Waals surface area contributed by atoms with Gasteiger partial charge in [0.1, 0.15) is 5.75 Å². The summed E-state index contributed by atoms with van der Waals surface area (Å²) in [6.45, 7) is 1.91. The van der Waals surface area contributed by atoms with Gasteiger partial charge in [-0.1, -0.05) is 13.0 Å². The Morgan fingerprint density at radius 3 is 2.62 bits per heavy atom. The second kappa shape index (κ2) is 6.11. The van der Waals surface area contributed by atoms with Crippen LogP contribution in [0.15, 0.2) is 42.6 Å². The molecule has 0 aliphatic heterocycles. The SMILES string of the molecule is CCc1c[nH]c2c(C(F)(F)F)ccc(Nc3cccc(OC)c3)c12. The van der Waals surface area contributed by atoms with E-state index in [-0.39, 0.29) is 5.52 Å². The first-order chi connectivity index (χ1) is 11.4. The molecule has 0 fully saturated rings. The van der Waals surface area contributed by atoms with E-state index in [1.807, 2.05) is 19.1 Å². The lowest BCUT2D eigenvalue weighted by Gasteiger charge is -2.14. The van der Waals surface area contributed by atoms with Crippen LogP contribution in [0.1, 0.15) is 18.1 Å².